The number of hydrogen-bond donors (Lipinski definition) is 0. The topological polar surface area (TPSA) is 29.5 Å². The number of benzene rings is 6. The van der Waals surface area contributed by atoms with Crippen LogP contribution in [0.15, 0.2) is 124 Å². The molecule has 0 saturated heterocycles. The number of anilines is 3. The summed E-state index contributed by atoms with van der Waals surface area (Å²) in [7, 11) is 0. The molecule has 0 fully saturated rings. The van der Waals surface area contributed by atoms with E-state index < -0.39 is 0 Å². The maximum atomic E-state index is 7.10. The Labute approximate surface area is 294 Å². The summed E-state index contributed by atoms with van der Waals surface area (Å²) in [4.78, 5) is 2.38. The molecule has 0 atom stereocenters. The number of para-hydroxylation sites is 2. The highest BCUT2D eigenvalue weighted by molar-refractivity contribution is 6.12. The summed E-state index contributed by atoms with van der Waals surface area (Å²) in [6.45, 7) is 18.4. The van der Waals surface area contributed by atoms with Crippen molar-refractivity contribution in [2.75, 3.05) is 4.90 Å². The Kier molecular flexibility index (Phi) is 6.38. The van der Waals surface area contributed by atoms with E-state index in [4.69, 9.17) is 8.83 Å². The molecule has 1 aliphatic rings. The second-order valence-electron chi connectivity index (χ2n) is 16.7. The third kappa shape index (κ3) is 4.49. The zero-order chi connectivity index (χ0) is 34.7. The van der Waals surface area contributed by atoms with Gasteiger partial charge < -0.3 is 13.7 Å². The molecule has 3 nitrogen and oxygen atoms in total. The van der Waals surface area contributed by atoms with Crippen LogP contribution in [0, 0.1) is 0 Å². The molecule has 50 heavy (non-hydrogen) atoms. The molecule has 0 radical (unpaired) electrons. The van der Waals surface area contributed by atoms with Crippen LogP contribution in [0.25, 0.3) is 55.0 Å². The van der Waals surface area contributed by atoms with E-state index in [-0.39, 0.29) is 16.2 Å². The number of nitrogens with zero attached hydrogens (tertiary/aromatic N) is 1. The number of furan rings is 2. The molecule has 0 amide bonds. The predicted molar refractivity (Wildman–Crippen MR) is 211 cm³/mol. The van der Waals surface area contributed by atoms with Gasteiger partial charge in [-0.3, -0.25) is 0 Å². The van der Waals surface area contributed by atoms with Crippen LogP contribution in [0.1, 0.15) is 77.6 Å². The molecule has 0 N–H and O–H groups in total. The van der Waals surface area contributed by atoms with Crippen molar-refractivity contribution >= 4 is 60.9 Å². The minimum atomic E-state index is -0.130. The first-order valence-electron chi connectivity index (χ1n) is 17.8. The zero-order valence-electron chi connectivity index (χ0n) is 30.2. The van der Waals surface area contributed by atoms with Crippen molar-refractivity contribution in [3.8, 4) is 11.1 Å². The van der Waals surface area contributed by atoms with Gasteiger partial charge in [0.25, 0.3) is 0 Å². The van der Waals surface area contributed by atoms with Gasteiger partial charge in [-0.05, 0) is 87.2 Å². The monoisotopic (exact) mass is 653 g/mol. The lowest BCUT2D eigenvalue weighted by Crippen LogP contribution is -2.16. The van der Waals surface area contributed by atoms with Crippen LogP contribution >= 0.6 is 0 Å². The highest BCUT2D eigenvalue weighted by atomic mass is 16.3. The SMILES string of the molecule is CC(C)(C)c1cc(C(C)(C)C)c2oc3c(N(c4ccc5c(c4)C(C)(C)c4ccccc4-5)c4ccc5oc6ccccc6c5c4)cccc3c2c1. The van der Waals surface area contributed by atoms with Crippen LogP contribution in [0.4, 0.5) is 17.1 Å². The smallest absolute Gasteiger partial charge is 0.159 e. The fraction of sp³-hybridized carbons (Fsp3) is 0.234. The molecule has 0 saturated carbocycles. The van der Waals surface area contributed by atoms with Gasteiger partial charge in [0.1, 0.15) is 16.7 Å². The third-order valence-electron chi connectivity index (χ3n) is 10.9. The minimum Gasteiger partial charge on any atom is -0.456 e. The molecule has 0 spiro atoms. The Balaban J connectivity index is 1.34. The van der Waals surface area contributed by atoms with Crippen LogP contribution in [-0.4, -0.2) is 0 Å². The van der Waals surface area contributed by atoms with Gasteiger partial charge in [0.05, 0.1) is 5.69 Å². The number of rotatable bonds is 3. The quantitative estimate of drug-likeness (QED) is 0.190. The molecular formula is C47H43NO2. The average Bonchev–Trinajstić information content (AvgIpc) is 3.72. The van der Waals surface area contributed by atoms with E-state index in [1.54, 1.807) is 0 Å². The van der Waals surface area contributed by atoms with Crippen molar-refractivity contribution in [3.05, 3.63) is 138 Å². The molecule has 8 aromatic rings. The van der Waals surface area contributed by atoms with E-state index in [2.05, 4.69) is 163 Å². The normalized spacial score (nSPS) is 14.2. The fourth-order valence-corrected chi connectivity index (χ4v) is 8.16. The summed E-state index contributed by atoms with van der Waals surface area (Å²) < 4.78 is 13.4. The molecule has 6 aromatic carbocycles. The summed E-state index contributed by atoms with van der Waals surface area (Å²) in [6.07, 6.45) is 0. The second kappa shape index (κ2) is 10.4. The number of hydrogen-bond acceptors (Lipinski definition) is 3. The lowest BCUT2D eigenvalue weighted by atomic mass is 9.79. The van der Waals surface area contributed by atoms with Gasteiger partial charge in [-0.25, -0.2) is 0 Å². The molecular weight excluding hydrogens is 611 g/mol. The molecule has 248 valence electrons. The van der Waals surface area contributed by atoms with Gasteiger partial charge >= 0.3 is 0 Å². The summed E-state index contributed by atoms with van der Waals surface area (Å²) >= 11 is 0. The predicted octanol–water partition coefficient (Wildman–Crippen LogP) is 13.9. The molecule has 2 aromatic heterocycles. The fourth-order valence-electron chi connectivity index (χ4n) is 8.16. The average molecular weight is 654 g/mol. The van der Waals surface area contributed by atoms with Gasteiger partial charge in [0.15, 0.2) is 5.58 Å². The highest BCUT2D eigenvalue weighted by Crippen LogP contribution is 2.52. The lowest BCUT2D eigenvalue weighted by Gasteiger charge is -2.28. The minimum absolute atomic E-state index is 0.000987. The highest BCUT2D eigenvalue weighted by Gasteiger charge is 2.36. The standard InChI is InChI=1S/C47H43NO2/c1-45(2,3)28-24-36-34-16-13-18-40(44(34)50-43(36)39(25-28)46(4,5)6)48(29-21-23-42-35(26-29)33-15-10-12-19-41(33)49-42)30-20-22-32-31-14-9-11-17-37(31)47(7,8)38(32)27-30/h9-27H,1-8H3. The maximum absolute atomic E-state index is 7.10. The van der Waals surface area contributed by atoms with E-state index in [9.17, 15) is 0 Å². The van der Waals surface area contributed by atoms with Crippen molar-refractivity contribution in [2.24, 2.45) is 0 Å². The van der Waals surface area contributed by atoms with Gasteiger partial charge in [0.2, 0.25) is 0 Å². The van der Waals surface area contributed by atoms with Crippen LogP contribution in [0.2, 0.25) is 0 Å². The van der Waals surface area contributed by atoms with Gasteiger partial charge in [0, 0.05) is 43.9 Å². The summed E-state index contributed by atoms with van der Waals surface area (Å²) in [5.41, 5.74) is 14.4. The van der Waals surface area contributed by atoms with E-state index in [1.807, 2.05) is 12.1 Å². The van der Waals surface area contributed by atoms with Crippen LogP contribution in [-0.2, 0) is 16.2 Å². The Morgan fingerprint density at radius 3 is 1.98 bits per heavy atom. The first kappa shape index (κ1) is 30.8. The maximum Gasteiger partial charge on any atom is 0.159 e. The molecule has 0 aliphatic heterocycles. The largest absolute Gasteiger partial charge is 0.456 e. The third-order valence-corrected chi connectivity index (χ3v) is 10.9. The zero-order valence-corrected chi connectivity index (χ0v) is 30.2. The Bertz CT molecular complexity index is 2650. The van der Waals surface area contributed by atoms with Crippen molar-refractivity contribution in [1.82, 2.24) is 0 Å². The van der Waals surface area contributed by atoms with Crippen molar-refractivity contribution in [1.29, 1.82) is 0 Å². The summed E-state index contributed by atoms with van der Waals surface area (Å²) in [6, 6.07) is 42.0. The Morgan fingerprint density at radius 2 is 1.18 bits per heavy atom. The van der Waals surface area contributed by atoms with Gasteiger partial charge in [-0.15, -0.1) is 0 Å². The van der Waals surface area contributed by atoms with Crippen LogP contribution in [0.5, 0.6) is 0 Å². The van der Waals surface area contributed by atoms with Crippen LogP contribution in [0.3, 0.4) is 0 Å². The Morgan fingerprint density at radius 1 is 0.500 bits per heavy atom. The van der Waals surface area contributed by atoms with Gasteiger partial charge in [-0.2, -0.15) is 0 Å². The molecule has 0 bridgehead atoms. The van der Waals surface area contributed by atoms with Crippen LogP contribution < -0.4 is 4.90 Å². The molecule has 2 heterocycles. The molecule has 1 aliphatic carbocycles. The van der Waals surface area contributed by atoms with Gasteiger partial charge in [-0.1, -0.05) is 122 Å². The van der Waals surface area contributed by atoms with E-state index in [0.29, 0.717) is 0 Å². The first-order valence-corrected chi connectivity index (χ1v) is 17.8. The van der Waals surface area contributed by atoms with E-state index >= 15 is 0 Å². The lowest BCUT2D eigenvalue weighted by molar-refractivity contribution is 0.559. The molecule has 3 heteroatoms. The van der Waals surface area contributed by atoms with E-state index in [0.717, 1.165) is 55.6 Å². The first-order chi connectivity index (χ1) is 23.8. The molecule has 0 unspecified atom stereocenters. The summed E-state index contributed by atoms with van der Waals surface area (Å²) in [5, 5.41) is 4.50. The summed E-state index contributed by atoms with van der Waals surface area (Å²) in [5.74, 6) is 0. The van der Waals surface area contributed by atoms with E-state index in [1.165, 1.54) is 38.8 Å². The second-order valence-corrected chi connectivity index (χ2v) is 16.7. The Hall–Kier alpha value is -5.28. The van der Waals surface area contributed by atoms with Crippen molar-refractivity contribution in [2.45, 2.75) is 71.6 Å². The number of fused-ring (bicyclic) bond motifs is 9. The molecule has 9 rings (SSSR count). The van der Waals surface area contributed by atoms with Crippen molar-refractivity contribution < 1.29 is 8.83 Å². The van der Waals surface area contributed by atoms with Crippen molar-refractivity contribution in [3.63, 3.8) is 0 Å².